The topological polar surface area (TPSA) is 58.6 Å². The number of nitrogens with zero attached hydrogens (tertiary/aromatic N) is 1. The predicted octanol–water partition coefficient (Wildman–Crippen LogP) is 0.779. The van der Waals surface area contributed by atoms with Gasteiger partial charge in [-0.2, -0.15) is 0 Å². The largest absolute Gasteiger partial charge is 0.460 e. The first-order valence-corrected chi connectivity index (χ1v) is 5.56. The third kappa shape index (κ3) is 3.83. The van der Waals surface area contributed by atoms with E-state index >= 15 is 0 Å². The van der Waals surface area contributed by atoms with E-state index in [9.17, 15) is 9.59 Å². The highest BCUT2D eigenvalue weighted by Gasteiger charge is 2.18. The summed E-state index contributed by atoms with van der Waals surface area (Å²) < 4.78 is 6.43. The van der Waals surface area contributed by atoms with Crippen molar-refractivity contribution in [2.45, 2.75) is 6.92 Å². The van der Waals surface area contributed by atoms with Crippen molar-refractivity contribution in [3.63, 3.8) is 0 Å². The van der Waals surface area contributed by atoms with Gasteiger partial charge >= 0.3 is 12.0 Å². The molecule has 0 spiro atoms. The van der Waals surface area contributed by atoms with Crippen LogP contribution in [0, 0.1) is 0 Å². The number of urea groups is 1. The molecule has 15 heavy (non-hydrogen) atoms. The van der Waals surface area contributed by atoms with Crippen LogP contribution in [0.15, 0.2) is 12.2 Å². The molecule has 1 aliphatic heterocycles. The number of nitrogens with one attached hydrogen (secondary N) is 1. The van der Waals surface area contributed by atoms with Gasteiger partial charge < -0.3 is 10.1 Å². The molecule has 0 aliphatic carbocycles. The van der Waals surface area contributed by atoms with Crippen LogP contribution in [0.5, 0.6) is 0 Å². The van der Waals surface area contributed by atoms with Crippen molar-refractivity contribution in [3.05, 3.63) is 12.2 Å². The summed E-state index contributed by atoms with van der Waals surface area (Å²) in [6.07, 6.45) is 0. The zero-order chi connectivity index (χ0) is 11.3. The van der Waals surface area contributed by atoms with Gasteiger partial charge in [0.25, 0.3) is 0 Å². The predicted molar refractivity (Wildman–Crippen MR) is 58.3 cm³/mol. The Morgan fingerprint density at radius 1 is 1.73 bits per heavy atom. The van der Waals surface area contributed by atoms with Crippen molar-refractivity contribution >= 4 is 23.9 Å². The molecule has 0 aromatic heterocycles. The Hall–Kier alpha value is -1.17. The summed E-state index contributed by atoms with van der Waals surface area (Å²) in [6, 6.07) is -0.127. The Morgan fingerprint density at radius 3 is 3.07 bits per heavy atom. The molecule has 5 nitrogen and oxygen atoms in total. The Balaban J connectivity index is 2.22. The highest BCUT2D eigenvalue weighted by atomic mass is 32.2. The van der Waals surface area contributed by atoms with Gasteiger partial charge in [0.1, 0.15) is 6.61 Å². The lowest BCUT2D eigenvalue weighted by Gasteiger charge is -2.25. The second kappa shape index (κ2) is 5.65. The Labute approximate surface area is 93.0 Å². The average molecular weight is 230 g/mol. The summed E-state index contributed by atoms with van der Waals surface area (Å²) in [4.78, 5) is 22.3. The van der Waals surface area contributed by atoms with Gasteiger partial charge in [0.05, 0.1) is 6.54 Å². The van der Waals surface area contributed by atoms with E-state index in [1.165, 1.54) is 11.9 Å². The first-order valence-electron chi connectivity index (χ1n) is 4.62. The van der Waals surface area contributed by atoms with Gasteiger partial charge in [0, 0.05) is 17.9 Å². The normalized spacial score (nSPS) is 15.8. The van der Waals surface area contributed by atoms with Gasteiger partial charge in [-0.05, 0) is 18.9 Å². The molecule has 2 amide bonds. The summed E-state index contributed by atoms with van der Waals surface area (Å²) in [6.45, 7) is 6.34. The number of hydrogen-bond acceptors (Lipinski definition) is 4. The van der Waals surface area contributed by atoms with Crippen molar-refractivity contribution in [1.29, 1.82) is 0 Å². The number of carbonyl (C=O) groups is 2. The van der Waals surface area contributed by atoms with Gasteiger partial charge in [-0.25, -0.2) is 9.59 Å². The van der Waals surface area contributed by atoms with Crippen LogP contribution in [-0.4, -0.2) is 41.8 Å². The van der Waals surface area contributed by atoms with Crippen LogP contribution in [0.3, 0.4) is 0 Å². The SMILES string of the molecule is C=C(C)C(=O)OCCN1SCCNC1=O. The van der Waals surface area contributed by atoms with Gasteiger partial charge in [-0.15, -0.1) is 0 Å². The fourth-order valence-electron chi connectivity index (χ4n) is 0.971. The molecular weight excluding hydrogens is 216 g/mol. The van der Waals surface area contributed by atoms with Crippen LogP contribution in [0.4, 0.5) is 4.79 Å². The van der Waals surface area contributed by atoms with Crippen molar-refractivity contribution in [1.82, 2.24) is 9.62 Å². The standard InChI is InChI=1S/C9H14N2O3S/c1-7(2)8(12)14-5-4-11-9(13)10-3-6-15-11/h1,3-6H2,2H3,(H,10,13). The monoisotopic (exact) mass is 230 g/mol. The van der Waals surface area contributed by atoms with Crippen LogP contribution in [-0.2, 0) is 9.53 Å². The minimum Gasteiger partial charge on any atom is -0.460 e. The molecule has 0 atom stereocenters. The lowest BCUT2D eigenvalue weighted by atomic mass is 10.4. The van der Waals surface area contributed by atoms with E-state index in [4.69, 9.17) is 4.74 Å². The molecule has 6 heteroatoms. The summed E-state index contributed by atoms with van der Waals surface area (Å²) in [5, 5.41) is 2.70. The van der Waals surface area contributed by atoms with Crippen molar-refractivity contribution in [3.8, 4) is 0 Å². The second-order valence-electron chi connectivity index (χ2n) is 3.08. The molecular formula is C9H14N2O3S. The summed E-state index contributed by atoms with van der Waals surface area (Å²) in [5.74, 6) is 0.428. The molecule has 0 aromatic carbocycles. The molecule has 1 N–H and O–H groups in total. The number of amides is 2. The average Bonchev–Trinajstić information content (AvgIpc) is 2.20. The second-order valence-corrected chi connectivity index (χ2v) is 4.19. The zero-order valence-electron chi connectivity index (χ0n) is 8.62. The van der Waals surface area contributed by atoms with E-state index in [-0.39, 0.29) is 12.6 Å². The Bertz CT molecular complexity index is 281. The van der Waals surface area contributed by atoms with Gasteiger partial charge in [0.2, 0.25) is 0 Å². The first kappa shape index (κ1) is 11.9. The number of ether oxygens (including phenoxy) is 1. The summed E-state index contributed by atoms with van der Waals surface area (Å²) >= 11 is 1.44. The van der Waals surface area contributed by atoms with Crippen LogP contribution >= 0.6 is 11.9 Å². The molecule has 1 saturated heterocycles. The Morgan fingerprint density at radius 2 is 2.47 bits per heavy atom. The zero-order valence-corrected chi connectivity index (χ0v) is 9.43. The number of esters is 1. The molecule has 0 saturated carbocycles. The Kier molecular flexibility index (Phi) is 4.48. The summed E-state index contributed by atoms with van der Waals surface area (Å²) in [5.41, 5.74) is 0.366. The molecule has 1 rings (SSSR count). The smallest absolute Gasteiger partial charge is 0.333 e. The third-order valence-corrected chi connectivity index (χ3v) is 2.77. The van der Waals surface area contributed by atoms with Gasteiger partial charge in [0.15, 0.2) is 0 Å². The molecule has 0 radical (unpaired) electrons. The fourth-order valence-corrected chi connectivity index (χ4v) is 1.77. The maximum absolute atomic E-state index is 11.2. The van der Waals surface area contributed by atoms with Gasteiger partial charge in [-0.3, -0.25) is 4.31 Å². The number of carbonyl (C=O) groups excluding carboxylic acids is 2. The fraction of sp³-hybridized carbons (Fsp3) is 0.556. The molecule has 0 bridgehead atoms. The molecule has 0 aromatic rings. The molecule has 1 heterocycles. The summed E-state index contributed by atoms with van der Waals surface area (Å²) in [7, 11) is 0. The minimum absolute atomic E-state index is 0.127. The highest BCUT2D eigenvalue weighted by molar-refractivity contribution is 7.97. The van der Waals surface area contributed by atoms with Crippen molar-refractivity contribution in [2.24, 2.45) is 0 Å². The van der Waals surface area contributed by atoms with E-state index in [0.717, 1.165) is 5.75 Å². The van der Waals surface area contributed by atoms with Crippen LogP contribution < -0.4 is 5.32 Å². The van der Waals surface area contributed by atoms with Crippen LogP contribution in [0.2, 0.25) is 0 Å². The highest BCUT2D eigenvalue weighted by Crippen LogP contribution is 2.12. The number of rotatable bonds is 4. The van der Waals surface area contributed by atoms with E-state index < -0.39 is 5.97 Å². The molecule has 1 aliphatic rings. The third-order valence-electron chi connectivity index (χ3n) is 1.73. The lowest BCUT2D eigenvalue weighted by molar-refractivity contribution is -0.138. The quantitative estimate of drug-likeness (QED) is 0.440. The van der Waals surface area contributed by atoms with Crippen LogP contribution in [0.25, 0.3) is 0 Å². The first-order chi connectivity index (χ1) is 7.11. The number of hydrogen-bond donors (Lipinski definition) is 1. The van der Waals surface area contributed by atoms with E-state index in [1.54, 1.807) is 11.2 Å². The minimum atomic E-state index is -0.419. The van der Waals surface area contributed by atoms with E-state index in [2.05, 4.69) is 11.9 Å². The molecule has 0 unspecified atom stereocenters. The van der Waals surface area contributed by atoms with Gasteiger partial charge in [-0.1, -0.05) is 6.58 Å². The lowest BCUT2D eigenvalue weighted by Crippen LogP contribution is -2.43. The van der Waals surface area contributed by atoms with Crippen molar-refractivity contribution in [2.75, 3.05) is 25.4 Å². The molecule has 84 valence electrons. The van der Waals surface area contributed by atoms with E-state index in [1.807, 2.05) is 0 Å². The molecule has 1 fully saturated rings. The van der Waals surface area contributed by atoms with Crippen molar-refractivity contribution < 1.29 is 14.3 Å². The van der Waals surface area contributed by atoms with Crippen LogP contribution in [0.1, 0.15) is 6.92 Å². The maximum Gasteiger partial charge on any atom is 0.333 e. The maximum atomic E-state index is 11.2. The van der Waals surface area contributed by atoms with E-state index in [0.29, 0.717) is 18.7 Å².